The Kier molecular flexibility index (Phi) is 4.05. The van der Waals surface area contributed by atoms with E-state index in [4.69, 9.17) is 4.74 Å². The number of ether oxygens (including phenoxy) is 1. The van der Waals surface area contributed by atoms with E-state index in [1.54, 1.807) is 12.0 Å². The van der Waals surface area contributed by atoms with Crippen LogP contribution in [-0.2, 0) is 17.9 Å². The molecule has 1 aliphatic rings. The van der Waals surface area contributed by atoms with Crippen LogP contribution >= 0.6 is 15.9 Å². The van der Waals surface area contributed by atoms with E-state index in [1.165, 1.54) is 0 Å². The van der Waals surface area contributed by atoms with Crippen LogP contribution in [0.25, 0.3) is 11.3 Å². The van der Waals surface area contributed by atoms with Crippen molar-refractivity contribution in [2.45, 2.75) is 13.1 Å². The summed E-state index contributed by atoms with van der Waals surface area (Å²) >= 11 is 3.49. The lowest BCUT2D eigenvalue weighted by Crippen LogP contribution is -2.39. The van der Waals surface area contributed by atoms with Crippen LogP contribution in [0.1, 0.15) is 5.69 Å². The predicted molar refractivity (Wildman–Crippen MR) is 99.5 cm³/mol. The van der Waals surface area contributed by atoms with Crippen molar-refractivity contribution in [3.8, 4) is 17.0 Å². The maximum absolute atomic E-state index is 12.6. The molecule has 2 aromatic carbocycles. The summed E-state index contributed by atoms with van der Waals surface area (Å²) in [5, 5.41) is 0. The fraction of sp³-hybridized carbons (Fsp3) is 0.158. The minimum absolute atomic E-state index is 0.0374. The zero-order valence-electron chi connectivity index (χ0n) is 13.6. The minimum atomic E-state index is 0.0374. The number of methoxy groups -OCH3 is 1. The molecule has 3 aromatic rings. The second-order valence-electron chi connectivity index (χ2n) is 5.81. The summed E-state index contributed by atoms with van der Waals surface area (Å²) in [7, 11) is 1.63. The van der Waals surface area contributed by atoms with Gasteiger partial charge in [-0.15, -0.1) is 0 Å². The average Bonchev–Trinajstić information content (AvgIpc) is 2.98. The average molecular weight is 398 g/mol. The molecule has 2 heterocycles. The number of amides is 1. The van der Waals surface area contributed by atoms with Gasteiger partial charge in [0.2, 0.25) is 5.91 Å². The first-order valence-corrected chi connectivity index (χ1v) is 8.71. The minimum Gasteiger partial charge on any atom is -0.497 e. The normalized spacial score (nSPS) is 13.7. The number of aromatic nitrogens is 2. The summed E-state index contributed by atoms with van der Waals surface area (Å²) in [4.78, 5) is 19.1. The first-order chi connectivity index (χ1) is 12.2. The number of hydrogen-bond donors (Lipinski definition) is 0. The van der Waals surface area contributed by atoms with E-state index in [0.29, 0.717) is 11.3 Å². The number of benzene rings is 2. The molecule has 0 unspecified atom stereocenters. The summed E-state index contributed by atoms with van der Waals surface area (Å²) in [6, 6.07) is 17.6. The van der Waals surface area contributed by atoms with Crippen LogP contribution in [0, 0.1) is 0 Å². The molecule has 0 saturated heterocycles. The van der Waals surface area contributed by atoms with Gasteiger partial charge >= 0.3 is 0 Å². The van der Waals surface area contributed by atoms with Crippen molar-refractivity contribution in [3.05, 3.63) is 65.0 Å². The zero-order valence-corrected chi connectivity index (χ0v) is 15.2. The number of imidazole rings is 1. The maximum atomic E-state index is 12.6. The lowest BCUT2D eigenvalue weighted by atomic mass is 10.1. The molecule has 126 valence electrons. The van der Waals surface area contributed by atoms with Crippen LogP contribution in [0.15, 0.2) is 59.3 Å². The number of halogens is 1. The quantitative estimate of drug-likeness (QED) is 0.673. The summed E-state index contributed by atoms with van der Waals surface area (Å²) in [6.45, 7) is 0.746. The van der Waals surface area contributed by atoms with Crippen LogP contribution in [0.4, 0.5) is 5.69 Å². The smallest absolute Gasteiger partial charge is 0.247 e. The lowest BCUT2D eigenvalue weighted by molar-refractivity contribution is -0.120. The molecule has 6 heteroatoms. The molecule has 4 rings (SSSR count). The Morgan fingerprint density at radius 1 is 1.04 bits per heavy atom. The van der Waals surface area contributed by atoms with Gasteiger partial charge in [0.05, 0.1) is 25.0 Å². The van der Waals surface area contributed by atoms with E-state index in [2.05, 4.69) is 20.9 Å². The third-order valence-electron chi connectivity index (χ3n) is 4.36. The third kappa shape index (κ3) is 2.82. The number of rotatable bonds is 3. The van der Waals surface area contributed by atoms with Crippen molar-refractivity contribution in [1.82, 2.24) is 9.55 Å². The molecule has 1 aliphatic heterocycles. The second-order valence-corrected chi connectivity index (χ2v) is 6.52. The van der Waals surface area contributed by atoms with Crippen LogP contribution in [0.5, 0.6) is 5.75 Å². The monoisotopic (exact) mass is 397 g/mol. The van der Waals surface area contributed by atoms with Crippen LogP contribution in [0.3, 0.4) is 0 Å². The summed E-state index contributed by atoms with van der Waals surface area (Å²) in [5.74, 6) is 0.807. The molecular weight excluding hydrogens is 382 g/mol. The fourth-order valence-corrected chi connectivity index (χ4v) is 3.58. The Bertz CT molecular complexity index is 920. The number of hydrogen-bond acceptors (Lipinski definition) is 3. The van der Waals surface area contributed by atoms with Gasteiger partial charge in [-0.3, -0.25) is 4.79 Å². The number of carbonyl (C=O) groups is 1. The molecule has 0 fully saturated rings. The number of carbonyl (C=O) groups excluding carboxylic acids is 1. The molecule has 0 saturated carbocycles. The van der Waals surface area contributed by atoms with Crippen molar-refractivity contribution in [3.63, 3.8) is 0 Å². The SMILES string of the molecule is COc1ccc(N2Cc3c(-c4ccccc4)nc(Br)n3CC2=O)cc1. The molecule has 5 nitrogen and oxygen atoms in total. The molecule has 0 bridgehead atoms. The van der Waals surface area contributed by atoms with Gasteiger partial charge in [-0.05, 0) is 40.2 Å². The Labute approximate surface area is 154 Å². The molecule has 0 radical (unpaired) electrons. The van der Waals surface area contributed by atoms with E-state index in [9.17, 15) is 4.79 Å². The predicted octanol–water partition coefficient (Wildman–Crippen LogP) is 3.87. The first-order valence-electron chi connectivity index (χ1n) is 7.92. The third-order valence-corrected chi connectivity index (χ3v) is 4.96. The van der Waals surface area contributed by atoms with Crippen molar-refractivity contribution < 1.29 is 9.53 Å². The van der Waals surface area contributed by atoms with E-state index in [-0.39, 0.29) is 12.5 Å². The Morgan fingerprint density at radius 3 is 2.44 bits per heavy atom. The first kappa shape index (κ1) is 15.9. The molecule has 0 aliphatic carbocycles. The number of fused-ring (bicyclic) bond motifs is 1. The van der Waals surface area contributed by atoms with Crippen LogP contribution in [-0.4, -0.2) is 22.6 Å². The highest BCUT2D eigenvalue weighted by Crippen LogP contribution is 2.32. The zero-order chi connectivity index (χ0) is 17.4. The van der Waals surface area contributed by atoms with Crippen molar-refractivity contribution >= 4 is 27.5 Å². The molecule has 0 atom stereocenters. The Balaban J connectivity index is 1.74. The van der Waals surface area contributed by atoms with Gasteiger partial charge in [-0.25, -0.2) is 4.98 Å². The van der Waals surface area contributed by atoms with Gasteiger partial charge in [0.25, 0.3) is 0 Å². The van der Waals surface area contributed by atoms with Crippen LogP contribution in [0.2, 0.25) is 0 Å². The van der Waals surface area contributed by atoms with Gasteiger partial charge in [0.15, 0.2) is 4.73 Å². The van der Waals surface area contributed by atoms with E-state index >= 15 is 0 Å². The van der Waals surface area contributed by atoms with E-state index in [1.807, 2.05) is 59.2 Å². The van der Waals surface area contributed by atoms with Crippen molar-refractivity contribution in [2.24, 2.45) is 0 Å². The lowest BCUT2D eigenvalue weighted by Gasteiger charge is -2.29. The molecule has 1 amide bonds. The second kappa shape index (κ2) is 6.37. The fourth-order valence-electron chi connectivity index (χ4n) is 3.06. The highest BCUT2D eigenvalue weighted by molar-refractivity contribution is 9.10. The van der Waals surface area contributed by atoms with E-state index in [0.717, 1.165) is 28.4 Å². The molecule has 1 aromatic heterocycles. The molecular formula is C19H16BrN3O2. The van der Waals surface area contributed by atoms with Gasteiger partial charge in [0, 0.05) is 11.3 Å². The number of anilines is 1. The van der Waals surface area contributed by atoms with Gasteiger partial charge in [0.1, 0.15) is 12.3 Å². The summed E-state index contributed by atoms with van der Waals surface area (Å²) in [5.41, 5.74) is 3.82. The van der Waals surface area contributed by atoms with Crippen molar-refractivity contribution in [1.29, 1.82) is 0 Å². The standard InChI is InChI=1S/C19H16BrN3O2/c1-25-15-9-7-14(8-10-15)22-11-16-18(13-5-3-2-4-6-13)21-19(20)23(16)12-17(22)24/h2-10H,11-12H2,1H3. The van der Waals surface area contributed by atoms with Crippen LogP contribution < -0.4 is 9.64 Å². The van der Waals surface area contributed by atoms with Gasteiger partial charge in [-0.1, -0.05) is 30.3 Å². The van der Waals surface area contributed by atoms with Crippen molar-refractivity contribution in [2.75, 3.05) is 12.0 Å². The topological polar surface area (TPSA) is 47.4 Å². The maximum Gasteiger partial charge on any atom is 0.247 e. The van der Waals surface area contributed by atoms with E-state index < -0.39 is 0 Å². The Morgan fingerprint density at radius 2 is 1.76 bits per heavy atom. The molecule has 0 N–H and O–H groups in total. The Hall–Kier alpha value is -2.60. The largest absolute Gasteiger partial charge is 0.497 e. The van der Waals surface area contributed by atoms with Gasteiger partial charge in [-0.2, -0.15) is 0 Å². The number of nitrogens with zero attached hydrogens (tertiary/aromatic N) is 3. The molecule has 0 spiro atoms. The molecule has 25 heavy (non-hydrogen) atoms. The highest BCUT2D eigenvalue weighted by atomic mass is 79.9. The summed E-state index contributed by atoms with van der Waals surface area (Å²) in [6.07, 6.45) is 0. The highest BCUT2D eigenvalue weighted by Gasteiger charge is 2.29. The van der Waals surface area contributed by atoms with Gasteiger partial charge < -0.3 is 14.2 Å². The summed E-state index contributed by atoms with van der Waals surface area (Å²) < 4.78 is 7.82.